The maximum atomic E-state index is 13.7. The molecule has 1 aliphatic heterocycles. The highest BCUT2D eigenvalue weighted by atomic mass is 35.5. The topological polar surface area (TPSA) is 50.7 Å². The first-order valence-corrected chi connectivity index (χ1v) is 6.79. The lowest BCUT2D eigenvalue weighted by molar-refractivity contribution is -0.208. The maximum Gasteiger partial charge on any atom is 0.449 e. The highest BCUT2D eigenvalue weighted by Gasteiger charge is 2.66. The number of aliphatic imine (C=N–C) groups is 1. The highest BCUT2D eigenvalue weighted by Crippen LogP contribution is 2.49. The highest BCUT2D eigenvalue weighted by molar-refractivity contribution is 6.30. The molecule has 4 nitrogen and oxygen atoms in total. The Labute approximate surface area is 136 Å². The van der Waals surface area contributed by atoms with E-state index in [-0.39, 0.29) is 5.02 Å². The maximum absolute atomic E-state index is 13.7. The van der Waals surface area contributed by atoms with Crippen LogP contribution in [0.15, 0.2) is 23.2 Å². The molecule has 1 atom stereocenters. The van der Waals surface area contributed by atoms with Crippen molar-refractivity contribution in [1.82, 2.24) is 0 Å². The Hall–Kier alpha value is -1.97. The van der Waals surface area contributed by atoms with Gasteiger partial charge in [-0.05, 0) is 25.1 Å². The molecule has 132 valence electrons. The quantitative estimate of drug-likeness (QED) is 0.627. The van der Waals surface area contributed by atoms with E-state index in [1.165, 1.54) is 6.92 Å². The Morgan fingerprint density at radius 1 is 1.29 bits per heavy atom. The summed E-state index contributed by atoms with van der Waals surface area (Å²) in [6, 6.07) is 2.71. The molecule has 1 aliphatic rings. The molecule has 0 aliphatic carbocycles. The molecule has 0 saturated heterocycles. The van der Waals surface area contributed by atoms with Gasteiger partial charge >= 0.3 is 18.3 Å². The van der Waals surface area contributed by atoms with Crippen LogP contribution in [0.5, 0.6) is 0 Å². The van der Waals surface area contributed by atoms with E-state index in [2.05, 4.69) is 9.73 Å². The predicted molar refractivity (Wildman–Crippen MR) is 72.9 cm³/mol. The van der Waals surface area contributed by atoms with Gasteiger partial charge < -0.3 is 10.1 Å². The molecule has 0 aromatic heterocycles. The number of rotatable bonds is 2. The number of nitrogens with zero attached hydrogens (tertiary/aromatic N) is 1. The molecule has 0 fully saturated rings. The molecule has 1 heterocycles. The molecular formula is C13H9ClF6N2O2. The minimum absolute atomic E-state index is 0.209. The van der Waals surface area contributed by atoms with Crippen molar-refractivity contribution in [3.63, 3.8) is 0 Å². The fourth-order valence-electron chi connectivity index (χ4n) is 2.17. The standard InChI is InChI=1S/C13H9ClF6N2O2/c1-2-24-10(23)11(13(18,19)20)7-5-6(14)3-4-8(7)21-9(22-11)12(15,16)17/h3-5H,2H2,1H3,(H,21,22)/t11-/m1/s1. The van der Waals surface area contributed by atoms with Gasteiger partial charge in [-0.1, -0.05) is 11.6 Å². The molecule has 0 bridgehead atoms. The fourth-order valence-corrected chi connectivity index (χ4v) is 2.34. The van der Waals surface area contributed by atoms with Crippen LogP contribution < -0.4 is 5.32 Å². The summed E-state index contributed by atoms with van der Waals surface area (Å²) in [6.07, 6.45) is -10.7. The van der Waals surface area contributed by atoms with Gasteiger partial charge in [-0.3, -0.25) is 0 Å². The second kappa shape index (κ2) is 5.83. The molecule has 1 aromatic rings. The van der Waals surface area contributed by atoms with E-state index in [4.69, 9.17) is 11.6 Å². The molecule has 1 aromatic carbocycles. The summed E-state index contributed by atoms with van der Waals surface area (Å²) in [5, 5.41) is 1.54. The van der Waals surface area contributed by atoms with Crippen LogP contribution in [0.2, 0.25) is 5.02 Å². The van der Waals surface area contributed by atoms with Crippen molar-refractivity contribution >= 4 is 29.1 Å². The number of fused-ring (bicyclic) bond motifs is 1. The van der Waals surface area contributed by atoms with E-state index in [9.17, 15) is 31.1 Å². The fraction of sp³-hybridized carbons (Fsp3) is 0.385. The first kappa shape index (κ1) is 18.4. The Kier molecular flexibility index (Phi) is 4.47. The summed E-state index contributed by atoms with van der Waals surface area (Å²) in [5.41, 5.74) is -5.32. The van der Waals surface area contributed by atoms with Crippen LogP contribution in [0.3, 0.4) is 0 Å². The molecule has 0 radical (unpaired) electrons. The van der Waals surface area contributed by atoms with E-state index in [1.807, 2.05) is 0 Å². The Morgan fingerprint density at radius 2 is 1.92 bits per heavy atom. The van der Waals surface area contributed by atoms with Crippen LogP contribution in [0.25, 0.3) is 0 Å². The van der Waals surface area contributed by atoms with Crippen molar-refractivity contribution in [3.05, 3.63) is 28.8 Å². The Morgan fingerprint density at radius 3 is 2.42 bits per heavy atom. The van der Waals surface area contributed by atoms with Crippen LogP contribution in [0, 0.1) is 0 Å². The molecule has 0 saturated carbocycles. The molecule has 0 unspecified atom stereocenters. The van der Waals surface area contributed by atoms with Crippen LogP contribution >= 0.6 is 11.6 Å². The molecular weight excluding hydrogens is 366 g/mol. The zero-order chi connectivity index (χ0) is 18.3. The van der Waals surface area contributed by atoms with Gasteiger partial charge in [0.25, 0.3) is 5.54 Å². The number of amidine groups is 1. The Balaban J connectivity index is 2.84. The number of esters is 1. The summed E-state index contributed by atoms with van der Waals surface area (Å²) in [7, 11) is 0. The number of hydrogen-bond acceptors (Lipinski definition) is 4. The number of carbonyl (C=O) groups excluding carboxylic acids is 1. The number of ether oxygens (including phenoxy) is 1. The first-order valence-electron chi connectivity index (χ1n) is 6.41. The van der Waals surface area contributed by atoms with Crippen LogP contribution in [0.1, 0.15) is 12.5 Å². The number of hydrogen-bond donors (Lipinski definition) is 1. The minimum Gasteiger partial charge on any atom is -0.464 e. The zero-order valence-electron chi connectivity index (χ0n) is 11.8. The number of carbonyl (C=O) groups is 1. The van der Waals surface area contributed by atoms with E-state index >= 15 is 0 Å². The van der Waals surface area contributed by atoms with Crippen molar-refractivity contribution in [3.8, 4) is 0 Å². The third-order valence-corrected chi connectivity index (χ3v) is 3.39. The second-order valence-electron chi connectivity index (χ2n) is 4.70. The smallest absolute Gasteiger partial charge is 0.449 e. The van der Waals surface area contributed by atoms with Crippen LogP contribution in [-0.2, 0) is 15.1 Å². The number of nitrogens with one attached hydrogen (secondary N) is 1. The zero-order valence-corrected chi connectivity index (χ0v) is 12.6. The van der Waals surface area contributed by atoms with E-state index in [0.717, 1.165) is 18.2 Å². The van der Waals surface area contributed by atoms with Gasteiger partial charge in [0, 0.05) is 16.3 Å². The predicted octanol–water partition coefficient (Wildman–Crippen LogP) is 4.05. The monoisotopic (exact) mass is 374 g/mol. The molecule has 1 N–H and O–H groups in total. The van der Waals surface area contributed by atoms with Gasteiger partial charge in [0.2, 0.25) is 5.84 Å². The molecule has 24 heavy (non-hydrogen) atoms. The van der Waals surface area contributed by atoms with Crippen LogP contribution in [-0.4, -0.2) is 30.8 Å². The Bertz CT molecular complexity index is 701. The number of alkyl halides is 6. The van der Waals surface area contributed by atoms with Crippen molar-refractivity contribution < 1.29 is 35.9 Å². The van der Waals surface area contributed by atoms with E-state index in [1.54, 1.807) is 5.32 Å². The summed E-state index contributed by atoms with van der Waals surface area (Å²) in [4.78, 5) is 14.7. The summed E-state index contributed by atoms with van der Waals surface area (Å²) < 4.78 is 84.3. The lowest BCUT2D eigenvalue weighted by Crippen LogP contribution is -2.53. The molecule has 2 rings (SSSR count). The van der Waals surface area contributed by atoms with E-state index in [0.29, 0.717) is 0 Å². The van der Waals surface area contributed by atoms with Gasteiger partial charge in [-0.15, -0.1) is 0 Å². The lowest BCUT2D eigenvalue weighted by Gasteiger charge is -2.36. The number of halogens is 7. The summed E-state index contributed by atoms with van der Waals surface area (Å²) in [6.45, 7) is 0.743. The number of benzene rings is 1. The van der Waals surface area contributed by atoms with Gasteiger partial charge in [-0.2, -0.15) is 26.3 Å². The van der Waals surface area contributed by atoms with Crippen molar-refractivity contribution in [2.24, 2.45) is 4.99 Å². The normalized spacial score (nSPS) is 20.8. The van der Waals surface area contributed by atoms with Gasteiger partial charge in [0.05, 0.1) is 6.61 Å². The molecule has 0 amide bonds. The van der Waals surface area contributed by atoms with Crippen molar-refractivity contribution in [2.75, 3.05) is 11.9 Å². The van der Waals surface area contributed by atoms with E-state index < -0.39 is 47.6 Å². The lowest BCUT2D eigenvalue weighted by atomic mass is 9.86. The summed E-state index contributed by atoms with van der Waals surface area (Å²) in [5.74, 6) is -3.92. The summed E-state index contributed by atoms with van der Waals surface area (Å²) >= 11 is 5.64. The third-order valence-electron chi connectivity index (χ3n) is 3.15. The molecule has 11 heteroatoms. The first-order chi connectivity index (χ1) is 10.9. The van der Waals surface area contributed by atoms with Gasteiger partial charge in [0.1, 0.15) is 0 Å². The second-order valence-corrected chi connectivity index (χ2v) is 5.14. The largest absolute Gasteiger partial charge is 0.464 e. The SMILES string of the molecule is CCOC(=O)[C@]1(C(F)(F)F)N=C(C(F)(F)F)Nc2ccc(Cl)cc21. The molecule has 0 spiro atoms. The average molecular weight is 375 g/mol. The van der Waals surface area contributed by atoms with Gasteiger partial charge in [-0.25, -0.2) is 9.79 Å². The minimum atomic E-state index is -5.49. The van der Waals surface area contributed by atoms with Crippen molar-refractivity contribution in [2.45, 2.75) is 24.8 Å². The van der Waals surface area contributed by atoms with Gasteiger partial charge in [0.15, 0.2) is 0 Å². The average Bonchev–Trinajstić information content (AvgIpc) is 2.43. The van der Waals surface area contributed by atoms with Crippen LogP contribution in [0.4, 0.5) is 32.0 Å². The number of anilines is 1. The van der Waals surface area contributed by atoms with Crippen molar-refractivity contribution in [1.29, 1.82) is 0 Å². The third kappa shape index (κ3) is 2.90.